The predicted octanol–water partition coefficient (Wildman–Crippen LogP) is 3.75. The topological polar surface area (TPSA) is 57.4 Å². The van der Waals surface area contributed by atoms with Crippen molar-refractivity contribution < 1.29 is 0 Å². The van der Waals surface area contributed by atoms with Gasteiger partial charge in [-0.25, -0.2) is 4.36 Å². The van der Waals surface area contributed by atoms with Gasteiger partial charge in [0.25, 0.3) is 0 Å². The molecule has 2 heterocycles. The Bertz CT molecular complexity index is 840. The van der Waals surface area contributed by atoms with Gasteiger partial charge in [0.15, 0.2) is 0 Å². The van der Waals surface area contributed by atoms with E-state index in [1.165, 1.54) is 5.69 Å². The van der Waals surface area contributed by atoms with E-state index in [1.807, 2.05) is 18.3 Å². The summed E-state index contributed by atoms with van der Waals surface area (Å²) in [5, 5.41) is 7.99. The Balaban J connectivity index is 1.54. The molecule has 0 bridgehead atoms. The van der Waals surface area contributed by atoms with Crippen LogP contribution in [-0.4, -0.2) is 23.3 Å². The lowest BCUT2D eigenvalue weighted by molar-refractivity contribution is 0.961. The number of aromatic amines is 1. The number of fused-ring (bicyclic) bond motifs is 1. The lowest BCUT2D eigenvalue weighted by atomic mass is 10.2. The number of para-hydroxylation sites is 2. The van der Waals surface area contributed by atoms with Gasteiger partial charge in [-0.15, -0.1) is 0 Å². The van der Waals surface area contributed by atoms with Crippen LogP contribution < -0.4 is 10.0 Å². The van der Waals surface area contributed by atoms with Crippen LogP contribution in [0.2, 0.25) is 0 Å². The maximum absolute atomic E-state index is 6.42. The highest BCUT2D eigenvalue weighted by atomic mass is 32.2. The van der Waals surface area contributed by atoms with Crippen LogP contribution in [0.4, 0.5) is 11.4 Å². The number of rotatable bonds is 3. The predicted molar refractivity (Wildman–Crippen MR) is 99.0 cm³/mol. The standard InChI is InChI=1S/C18H20N4S/c19-23(21-18-12-20-17-9-5-4-8-16(17)18)15-10-11-22(13-15)14-6-2-1-3-7-14/h1-9,12,15,20H,10-11,13H2,(H2,19,21). The molecule has 1 aliphatic rings. The third kappa shape index (κ3) is 2.90. The first-order valence-electron chi connectivity index (χ1n) is 7.87. The fraction of sp³-hybridized carbons (Fsp3) is 0.222. The van der Waals surface area contributed by atoms with Crippen molar-refractivity contribution in [2.45, 2.75) is 11.7 Å². The molecule has 1 fully saturated rings. The van der Waals surface area contributed by atoms with Gasteiger partial charge in [-0.1, -0.05) is 36.4 Å². The Hall–Kier alpha value is -2.11. The molecule has 2 atom stereocenters. The summed E-state index contributed by atoms with van der Waals surface area (Å²) in [6, 6.07) is 18.8. The number of anilines is 1. The van der Waals surface area contributed by atoms with Crippen molar-refractivity contribution in [2.75, 3.05) is 18.0 Å². The molecule has 0 amide bonds. The summed E-state index contributed by atoms with van der Waals surface area (Å²) in [5.41, 5.74) is 3.37. The summed E-state index contributed by atoms with van der Waals surface area (Å²) >= 11 is 0. The molecule has 118 valence electrons. The van der Waals surface area contributed by atoms with Crippen molar-refractivity contribution in [1.82, 2.24) is 4.98 Å². The monoisotopic (exact) mass is 324 g/mol. The molecule has 4 nitrogen and oxygen atoms in total. The fourth-order valence-electron chi connectivity index (χ4n) is 3.12. The van der Waals surface area contributed by atoms with Gasteiger partial charge in [0.05, 0.1) is 5.69 Å². The normalized spacial score (nSPS) is 19.5. The minimum atomic E-state index is -0.462. The lowest BCUT2D eigenvalue weighted by Gasteiger charge is -2.18. The first-order chi connectivity index (χ1) is 11.3. The number of nitrogens with zero attached hydrogens (tertiary/aromatic N) is 2. The zero-order valence-corrected chi connectivity index (χ0v) is 13.7. The van der Waals surface area contributed by atoms with Crippen LogP contribution in [0.1, 0.15) is 6.42 Å². The Kier molecular flexibility index (Phi) is 3.89. The lowest BCUT2D eigenvalue weighted by Crippen LogP contribution is -2.26. The van der Waals surface area contributed by atoms with E-state index in [1.54, 1.807) is 0 Å². The van der Waals surface area contributed by atoms with E-state index in [4.69, 9.17) is 9.50 Å². The van der Waals surface area contributed by atoms with Gasteiger partial charge < -0.3 is 9.88 Å². The van der Waals surface area contributed by atoms with Crippen LogP contribution >= 0.6 is 0 Å². The smallest absolute Gasteiger partial charge is 0.0970 e. The van der Waals surface area contributed by atoms with E-state index in [-0.39, 0.29) is 0 Å². The van der Waals surface area contributed by atoms with Crippen LogP contribution in [0.25, 0.3) is 10.9 Å². The molecule has 3 N–H and O–H groups in total. The van der Waals surface area contributed by atoms with Crippen molar-refractivity contribution in [3.8, 4) is 0 Å². The van der Waals surface area contributed by atoms with E-state index < -0.39 is 10.9 Å². The van der Waals surface area contributed by atoms with Crippen LogP contribution in [-0.2, 0) is 10.9 Å². The van der Waals surface area contributed by atoms with Crippen LogP contribution in [0.15, 0.2) is 65.2 Å². The van der Waals surface area contributed by atoms with E-state index in [9.17, 15) is 0 Å². The molecule has 1 saturated heterocycles. The maximum Gasteiger partial charge on any atom is 0.0970 e. The van der Waals surface area contributed by atoms with E-state index in [2.05, 4.69) is 52.3 Å². The first-order valence-corrected chi connectivity index (χ1v) is 9.17. The van der Waals surface area contributed by atoms with Gasteiger partial charge in [0.2, 0.25) is 0 Å². The summed E-state index contributed by atoms with van der Waals surface area (Å²) in [7, 11) is -0.462. The quantitative estimate of drug-likeness (QED) is 0.771. The SMILES string of the molecule is NS(=Nc1c[nH]c2ccccc12)C1CCN(c2ccccc2)C1. The molecule has 4 rings (SSSR count). The molecule has 0 aliphatic carbocycles. The van der Waals surface area contributed by atoms with Gasteiger partial charge in [0, 0.05) is 41.1 Å². The molecule has 3 aromatic rings. The number of aromatic nitrogens is 1. The zero-order chi connectivity index (χ0) is 15.6. The zero-order valence-electron chi connectivity index (χ0n) is 12.9. The number of hydrogen-bond donors (Lipinski definition) is 2. The highest BCUT2D eigenvalue weighted by Crippen LogP contribution is 2.28. The first kappa shape index (κ1) is 14.5. The minimum absolute atomic E-state index is 0.420. The van der Waals surface area contributed by atoms with E-state index >= 15 is 0 Å². The molecular formula is C18H20N4S. The average Bonchev–Trinajstić information content (AvgIpc) is 3.24. The van der Waals surface area contributed by atoms with Crippen LogP contribution in [0.3, 0.4) is 0 Å². The maximum atomic E-state index is 6.42. The van der Waals surface area contributed by atoms with Gasteiger partial charge >= 0.3 is 0 Å². The molecule has 0 radical (unpaired) electrons. The molecule has 2 unspecified atom stereocenters. The van der Waals surface area contributed by atoms with Crippen LogP contribution in [0.5, 0.6) is 0 Å². The second-order valence-corrected chi connectivity index (χ2v) is 7.39. The Morgan fingerprint density at radius 2 is 1.87 bits per heavy atom. The fourth-order valence-corrected chi connectivity index (χ4v) is 4.33. The number of benzene rings is 2. The van der Waals surface area contributed by atoms with Gasteiger partial charge in [-0.2, -0.15) is 0 Å². The second-order valence-electron chi connectivity index (χ2n) is 5.85. The molecular weight excluding hydrogens is 304 g/mol. The Labute approximate surface area is 138 Å². The van der Waals surface area contributed by atoms with Crippen molar-refractivity contribution in [3.63, 3.8) is 0 Å². The van der Waals surface area contributed by atoms with Crippen molar-refractivity contribution in [3.05, 3.63) is 60.8 Å². The second kappa shape index (κ2) is 6.18. The van der Waals surface area contributed by atoms with Gasteiger partial charge in [-0.05, 0) is 35.5 Å². The molecule has 0 spiro atoms. The summed E-state index contributed by atoms with van der Waals surface area (Å²) in [4.78, 5) is 5.67. The van der Waals surface area contributed by atoms with Crippen molar-refractivity contribution in [1.29, 1.82) is 0 Å². The minimum Gasteiger partial charge on any atom is -0.370 e. The number of H-pyrrole nitrogens is 1. The summed E-state index contributed by atoms with van der Waals surface area (Å²) < 4.78 is 4.80. The van der Waals surface area contributed by atoms with Gasteiger partial charge in [-0.3, -0.25) is 5.14 Å². The molecule has 1 aromatic heterocycles. The summed E-state index contributed by atoms with van der Waals surface area (Å²) in [6.07, 6.45) is 3.06. The third-order valence-corrected chi connectivity index (χ3v) is 5.85. The Morgan fingerprint density at radius 3 is 2.74 bits per heavy atom. The third-order valence-electron chi connectivity index (χ3n) is 4.38. The molecule has 2 aromatic carbocycles. The molecule has 23 heavy (non-hydrogen) atoms. The average molecular weight is 324 g/mol. The summed E-state index contributed by atoms with van der Waals surface area (Å²) in [5.74, 6) is 0. The van der Waals surface area contributed by atoms with Crippen LogP contribution in [0, 0.1) is 0 Å². The van der Waals surface area contributed by atoms with E-state index in [0.717, 1.165) is 36.1 Å². The molecule has 1 aliphatic heterocycles. The van der Waals surface area contributed by atoms with Crippen molar-refractivity contribution >= 4 is 33.2 Å². The number of nitrogens with two attached hydrogens (primary N) is 1. The summed E-state index contributed by atoms with van der Waals surface area (Å²) in [6.45, 7) is 2.04. The van der Waals surface area contributed by atoms with E-state index in [0.29, 0.717) is 5.25 Å². The largest absolute Gasteiger partial charge is 0.370 e. The van der Waals surface area contributed by atoms with Gasteiger partial charge in [0.1, 0.15) is 0 Å². The number of nitrogens with one attached hydrogen (secondary N) is 1. The molecule has 0 saturated carbocycles. The highest BCUT2D eigenvalue weighted by molar-refractivity contribution is 7.85. The highest BCUT2D eigenvalue weighted by Gasteiger charge is 2.25. The molecule has 5 heteroatoms. The van der Waals surface area contributed by atoms with Crippen molar-refractivity contribution in [2.24, 2.45) is 9.50 Å². The number of hydrogen-bond acceptors (Lipinski definition) is 2. The Morgan fingerprint density at radius 1 is 1.09 bits per heavy atom.